The van der Waals surface area contributed by atoms with E-state index in [0.717, 1.165) is 8.79 Å². The SMILES string of the molecule is N[C@@H](CO)c1ncc(Br)s1. The molecule has 0 bridgehead atoms. The highest BCUT2D eigenvalue weighted by Gasteiger charge is 2.07. The molecule has 0 aliphatic carbocycles. The molecule has 3 nitrogen and oxygen atoms in total. The van der Waals surface area contributed by atoms with Crippen LogP contribution in [-0.2, 0) is 0 Å². The van der Waals surface area contributed by atoms with E-state index in [1.54, 1.807) is 6.20 Å². The molecule has 1 aromatic rings. The number of aliphatic hydroxyl groups excluding tert-OH is 1. The van der Waals surface area contributed by atoms with Crippen LogP contribution >= 0.6 is 27.3 Å². The average Bonchev–Trinajstić information content (AvgIpc) is 2.34. The van der Waals surface area contributed by atoms with Crippen LogP contribution < -0.4 is 5.73 Å². The second kappa shape index (κ2) is 3.43. The van der Waals surface area contributed by atoms with Crippen LogP contribution in [0.25, 0.3) is 0 Å². The first-order valence-electron chi connectivity index (χ1n) is 2.71. The summed E-state index contributed by atoms with van der Waals surface area (Å²) in [5.74, 6) is 0. The van der Waals surface area contributed by atoms with E-state index in [1.807, 2.05) is 0 Å². The van der Waals surface area contributed by atoms with Gasteiger partial charge >= 0.3 is 0 Å². The van der Waals surface area contributed by atoms with E-state index in [4.69, 9.17) is 10.8 Å². The zero-order valence-corrected chi connectivity index (χ0v) is 7.52. The van der Waals surface area contributed by atoms with Crippen molar-refractivity contribution in [2.75, 3.05) is 6.61 Å². The molecule has 0 saturated heterocycles. The third-order valence-corrected chi connectivity index (χ3v) is 2.62. The number of halogens is 1. The zero-order valence-electron chi connectivity index (χ0n) is 5.12. The first-order valence-corrected chi connectivity index (χ1v) is 4.32. The van der Waals surface area contributed by atoms with Gasteiger partial charge in [0, 0.05) is 0 Å². The van der Waals surface area contributed by atoms with E-state index in [0.29, 0.717) is 0 Å². The van der Waals surface area contributed by atoms with Crippen molar-refractivity contribution in [2.45, 2.75) is 6.04 Å². The van der Waals surface area contributed by atoms with Crippen LogP contribution in [0.2, 0.25) is 0 Å². The molecule has 1 heterocycles. The highest BCUT2D eigenvalue weighted by Crippen LogP contribution is 2.22. The normalized spacial score (nSPS) is 13.5. The number of hydrogen-bond donors (Lipinski definition) is 2. The van der Waals surface area contributed by atoms with E-state index >= 15 is 0 Å². The number of hydrogen-bond acceptors (Lipinski definition) is 4. The minimum absolute atomic E-state index is 0.0556. The fourth-order valence-corrected chi connectivity index (χ4v) is 1.75. The Hall–Kier alpha value is 0.0300. The predicted octanol–water partition coefficient (Wildman–Crippen LogP) is 0.898. The van der Waals surface area contributed by atoms with Gasteiger partial charge in [0.1, 0.15) is 5.01 Å². The molecule has 0 unspecified atom stereocenters. The fraction of sp³-hybridized carbons (Fsp3) is 0.400. The maximum Gasteiger partial charge on any atom is 0.113 e. The summed E-state index contributed by atoms with van der Waals surface area (Å²) in [6, 6.07) is -0.337. The number of nitrogens with zero attached hydrogens (tertiary/aromatic N) is 1. The molecular formula is C5H7BrN2OS. The van der Waals surface area contributed by atoms with Crippen molar-refractivity contribution in [3.05, 3.63) is 15.0 Å². The number of thiazole rings is 1. The van der Waals surface area contributed by atoms with Gasteiger partial charge in [0.2, 0.25) is 0 Å². The van der Waals surface area contributed by atoms with Gasteiger partial charge in [-0.15, -0.1) is 11.3 Å². The lowest BCUT2D eigenvalue weighted by Crippen LogP contribution is -2.13. The van der Waals surface area contributed by atoms with Gasteiger partial charge in [-0.05, 0) is 15.9 Å². The predicted molar refractivity (Wildman–Crippen MR) is 43.8 cm³/mol. The maximum absolute atomic E-state index is 8.62. The molecule has 1 rings (SSSR count). The summed E-state index contributed by atoms with van der Waals surface area (Å²) < 4.78 is 0.936. The van der Waals surface area contributed by atoms with Crippen LogP contribution in [-0.4, -0.2) is 16.7 Å². The number of rotatable bonds is 2. The second-order valence-electron chi connectivity index (χ2n) is 1.79. The lowest BCUT2D eigenvalue weighted by Gasteiger charge is -2.00. The molecule has 0 amide bonds. The standard InChI is InChI=1S/C5H7BrN2OS/c6-4-1-8-5(10-4)3(7)2-9/h1,3,9H,2,7H2/t3-/m0/s1. The Kier molecular flexibility index (Phi) is 2.79. The van der Waals surface area contributed by atoms with E-state index < -0.39 is 0 Å². The van der Waals surface area contributed by atoms with Crippen molar-refractivity contribution in [2.24, 2.45) is 5.73 Å². The van der Waals surface area contributed by atoms with Gasteiger partial charge in [0.25, 0.3) is 0 Å². The fourth-order valence-electron chi connectivity index (χ4n) is 0.516. The summed E-state index contributed by atoms with van der Waals surface area (Å²) in [5.41, 5.74) is 5.48. The Morgan fingerprint density at radius 1 is 1.90 bits per heavy atom. The summed E-state index contributed by atoms with van der Waals surface area (Å²) in [6.07, 6.45) is 1.68. The Bertz CT molecular complexity index is 215. The van der Waals surface area contributed by atoms with Gasteiger partial charge in [0.05, 0.1) is 22.6 Å². The molecule has 0 aliphatic heterocycles. The van der Waals surface area contributed by atoms with Crippen LogP contribution in [0.3, 0.4) is 0 Å². The van der Waals surface area contributed by atoms with E-state index in [2.05, 4.69) is 20.9 Å². The quantitative estimate of drug-likeness (QED) is 0.782. The molecule has 10 heavy (non-hydrogen) atoms. The van der Waals surface area contributed by atoms with E-state index in [9.17, 15) is 0 Å². The first-order chi connectivity index (χ1) is 4.74. The minimum atomic E-state index is -0.337. The number of aliphatic hydroxyl groups is 1. The smallest absolute Gasteiger partial charge is 0.113 e. The van der Waals surface area contributed by atoms with Crippen molar-refractivity contribution >= 4 is 27.3 Å². The summed E-state index contributed by atoms with van der Waals surface area (Å²) >= 11 is 4.69. The molecule has 0 saturated carbocycles. The van der Waals surface area contributed by atoms with Crippen LogP contribution in [0.4, 0.5) is 0 Å². The molecule has 1 aromatic heterocycles. The topological polar surface area (TPSA) is 59.1 Å². The Labute approximate surface area is 71.0 Å². The Morgan fingerprint density at radius 3 is 3.00 bits per heavy atom. The zero-order chi connectivity index (χ0) is 7.56. The molecule has 5 heteroatoms. The van der Waals surface area contributed by atoms with Gasteiger partial charge in [-0.3, -0.25) is 0 Å². The molecule has 0 fully saturated rings. The number of nitrogens with two attached hydrogens (primary N) is 1. The third-order valence-electron chi connectivity index (χ3n) is 1.01. The van der Waals surface area contributed by atoms with Gasteiger partial charge in [-0.2, -0.15) is 0 Å². The molecular weight excluding hydrogens is 216 g/mol. The molecule has 56 valence electrons. The lowest BCUT2D eigenvalue weighted by molar-refractivity contribution is 0.267. The monoisotopic (exact) mass is 222 g/mol. The summed E-state index contributed by atoms with van der Waals surface area (Å²) in [4.78, 5) is 3.97. The van der Waals surface area contributed by atoms with Gasteiger partial charge < -0.3 is 10.8 Å². The highest BCUT2D eigenvalue weighted by atomic mass is 79.9. The van der Waals surface area contributed by atoms with Crippen molar-refractivity contribution < 1.29 is 5.11 Å². The highest BCUT2D eigenvalue weighted by molar-refractivity contribution is 9.11. The molecule has 0 spiro atoms. The summed E-state index contributed by atoms with van der Waals surface area (Å²) in [7, 11) is 0. The largest absolute Gasteiger partial charge is 0.394 e. The van der Waals surface area contributed by atoms with E-state index in [-0.39, 0.29) is 12.6 Å². The van der Waals surface area contributed by atoms with Crippen molar-refractivity contribution in [1.82, 2.24) is 4.98 Å². The lowest BCUT2D eigenvalue weighted by atomic mass is 10.4. The van der Waals surface area contributed by atoms with Crippen molar-refractivity contribution in [3.63, 3.8) is 0 Å². The van der Waals surface area contributed by atoms with Crippen LogP contribution in [0.15, 0.2) is 9.98 Å². The average molecular weight is 223 g/mol. The second-order valence-corrected chi connectivity index (χ2v) is 4.23. The molecule has 3 N–H and O–H groups in total. The summed E-state index contributed by atoms with van der Waals surface area (Å²) in [6.45, 7) is -0.0556. The molecule has 0 aromatic carbocycles. The van der Waals surface area contributed by atoms with Crippen LogP contribution in [0.1, 0.15) is 11.0 Å². The minimum Gasteiger partial charge on any atom is -0.394 e. The van der Waals surface area contributed by atoms with Crippen molar-refractivity contribution in [3.8, 4) is 0 Å². The van der Waals surface area contributed by atoms with Gasteiger partial charge in [0.15, 0.2) is 0 Å². The van der Waals surface area contributed by atoms with Crippen LogP contribution in [0, 0.1) is 0 Å². The molecule has 0 radical (unpaired) electrons. The maximum atomic E-state index is 8.62. The van der Waals surface area contributed by atoms with Gasteiger partial charge in [-0.25, -0.2) is 4.98 Å². The van der Waals surface area contributed by atoms with Crippen LogP contribution in [0.5, 0.6) is 0 Å². The molecule has 0 aliphatic rings. The summed E-state index contributed by atoms with van der Waals surface area (Å²) in [5, 5.41) is 9.38. The third kappa shape index (κ3) is 1.76. The Morgan fingerprint density at radius 2 is 2.60 bits per heavy atom. The number of aromatic nitrogens is 1. The molecule has 1 atom stereocenters. The first kappa shape index (κ1) is 8.13. The Balaban J connectivity index is 2.74. The van der Waals surface area contributed by atoms with Crippen molar-refractivity contribution in [1.29, 1.82) is 0 Å². The van der Waals surface area contributed by atoms with E-state index in [1.165, 1.54) is 11.3 Å². The van der Waals surface area contributed by atoms with Gasteiger partial charge in [-0.1, -0.05) is 0 Å².